The summed E-state index contributed by atoms with van der Waals surface area (Å²) in [6, 6.07) is 1.41. The third-order valence-corrected chi connectivity index (χ3v) is 4.38. The van der Waals surface area contributed by atoms with Crippen LogP contribution in [0.1, 0.15) is 26.2 Å². The van der Waals surface area contributed by atoms with Crippen molar-refractivity contribution in [2.24, 2.45) is 0 Å². The number of likely N-dealkylation sites (tertiary alicyclic amines) is 1. The number of nitrogens with zero attached hydrogens (tertiary/aromatic N) is 3. The Morgan fingerprint density at radius 2 is 2.00 bits per heavy atom. The van der Waals surface area contributed by atoms with E-state index >= 15 is 0 Å². The predicted octanol–water partition coefficient (Wildman–Crippen LogP) is 2.47. The quantitative estimate of drug-likeness (QED) is 0.925. The molecule has 1 N–H and O–H groups in total. The fourth-order valence-corrected chi connectivity index (χ4v) is 3.31. The van der Waals surface area contributed by atoms with Crippen LogP contribution in [-0.4, -0.2) is 48.6 Å². The van der Waals surface area contributed by atoms with Crippen molar-refractivity contribution in [2.45, 2.75) is 32.2 Å². The van der Waals surface area contributed by atoms with Crippen LogP contribution in [0.4, 0.5) is 20.4 Å². The Morgan fingerprint density at radius 1 is 1.24 bits per heavy atom. The minimum atomic E-state index is -0.631. The van der Waals surface area contributed by atoms with E-state index in [1.54, 1.807) is 0 Å². The highest BCUT2D eigenvalue weighted by Gasteiger charge is 2.31. The maximum atomic E-state index is 14.0. The summed E-state index contributed by atoms with van der Waals surface area (Å²) in [6.07, 6.45) is 3.53. The summed E-state index contributed by atoms with van der Waals surface area (Å²) in [5.74, 6) is -0.794. The zero-order valence-corrected chi connectivity index (χ0v) is 12.4. The van der Waals surface area contributed by atoms with Crippen LogP contribution in [0, 0.1) is 11.6 Å². The molecule has 0 aromatic carbocycles. The van der Waals surface area contributed by atoms with Crippen LogP contribution in [0.5, 0.6) is 0 Å². The van der Waals surface area contributed by atoms with E-state index in [1.807, 2.05) is 11.8 Å². The minimum Gasteiger partial charge on any atom is -0.368 e. The molecule has 116 valence electrons. The number of hydrogen-bond acceptors (Lipinski definition) is 4. The highest BCUT2D eigenvalue weighted by molar-refractivity contribution is 5.50. The molecule has 1 atom stereocenters. The number of rotatable bonds is 4. The van der Waals surface area contributed by atoms with Gasteiger partial charge in [0.2, 0.25) is 0 Å². The molecule has 0 spiro atoms. The molecule has 3 rings (SSSR count). The van der Waals surface area contributed by atoms with Gasteiger partial charge in [-0.05, 0) is 39.3 Å². The Hall–Kier alpha value is -1.43. The van der Waals surface area contributed by atoms with Crippen molar-refractivity contribution >= 4 is 11.6 Å². The minimum absolute atomic E-state index is 0.138. The average Bonchev–Trinajstić information content (AvgIpc) is 3.11. The van der Waals surface area contributed by atoms with Crippen molar-refractivity contribution < 1.29 is 8.78 Å². The van der Waals surface area contributed by atoms with Gasteiger partial charge in [-0.25, -0.2) is 13.8 Å². The van der Waals surface area contributed by atoms with Gasteiger partial charge in [-0.3, -0.25) is 4.90 Å². The summed E-state index contributed by atoms with van der Waals surface area (Å²) in [7, 11) is 0. The zero-order valence-electron chi connectivity index (χ0n) is 12.4. The highest BCUT2D eigenvalue weighted by Crippen LogP contribution is 2.28. The Labute approximate surface area is 124 Å². The molecular weight excluding hydrogens is 274 g/mol. The van der Waals surface area contributed by atoms with Crippen molar-refractivity contribution in [3.8, 4) is 0 Å². The van der Waals surface area contributed by atoms with E-state index in [9.17, 15) is 8.78 Å². The van der Waals surface area contributed by atoms with Crippen LogP contribution in [-0.2, 0) is 0 Å². The van der Waals surface area contributed by atoms with Crippen LogP contribution in [0.25, 0.3) is 0 Å². The van der Waals surface area contributed by atoms with E-state index in [-0.39, 0.29) is 11.6 Å². The molecule has 2 saturated heterocycles. The second-order valence-electron chi connectivity index (χ2n) is 5.79. The van der Waals surface area contributed by atoms with Crippen molar-refractivity contribution in [1.29, 1.82) is 0 Å². The molecule has 6 heteroatoms. The smallest absolute Gasteiger partial charge is 0.168 e. The summed E-state index contributed by atoms with van der Waals surface area (Å²) in [6.45, 7) is 6.26. The van der Waals surface area contributed by atoms with Gasteiger partial charge in [-0.2, -0.15) is 0 Å². The van der Waals surface area contributed by atoms with Crippen LogP contribution >= 0.6 is 0 Å². The van der Waals surface area contributed by atoms with Crippen LogP contribution in [0.3, 0.4) is 0 Å². The lowest BCUT2D eigenvalue weighted by Crippen LogP contribution is -2.35. The van der Waals surface area contributed by atoms with Gasteiger partial charge in [0, 0.05) is 31.7 Å². The first-order valence-corrected chi connectivity index (χ1v) is 7.78. The molecule has 4 nitrogen and oxygen atoms in total. The first-order valence-electron chi connectivity index (χ1n) is 7.78. The number of pyridine rings is 1. The fraction of sp³-hybridized carbons (Fsp3) is 0.667. The van der Waals surface area contributed by atoms with Crippen molar-refractivity contribution in [1.82, 2.24) is 9.88 Å². The van der Waals surface area contributed by atoms with E-state index in [1.165, 1.54) is 12.8 Å². The monoisotopic (exact) mass is 296 g/mol. The number of aromatic nitrogens is 1. The Kier molecular flexibility index (Phi) is 4.24. The zero-order chi connectivity index (χ0) is 14.8. The first kappa shape index (κ1) is 14.5. The molecule has 0 bridgehead atoms. The van der Waals surface area contributed by atoms with Gasteiger partial charge < -0.3 is 10.2 Å². The molecule has 3 heterocycles. The van der Waals surface area contributed by atoms with Gasteiger partial charge in [0.1, 0.15) is 0 Å². The molecule has 0 aliphatic carbocycles. The van der Waals surface area contributed by atoms with Crippen molar-refractivity contribution in [3.63, 3.8) is 0 Å². The maximum Gasteiger partial charge on any atom is 0.168 e. The summed E-state index contributed by atoms with van der Waals surface area (Å²) in [5, 5.41) is 2.84. The summed E-state index contributed by atoms with van der Waals surface area (Å²) >= 11 is 0. The van der Waals surface area contributed by atoms with Gasteiger partial charge in [0.05, 0.1) is 0 Å². The molecule has 0 amide bonds. The third kappa shape index (κ3) is 2.95. The lowest BCUT2D eigenvalue weighted by Gasteiger charge is -2.24. The molecule has 1 aromatic rings. The molecule has 0 radical (unpaired) electrons. The number of nitrogens with one attached hydrogen (secondary N) is 1. The largest absolute Gasteiger partial charge is 0.368 e. The molecule has 2 aliphatic rings. The van der Waals surface area contributed by atoms with Gasteiger partial charge >= 0.3 is 0 Å². The van der Waals surface area contributed by atoms with Crippen molar-refractivity contribution in [2.75, 3.05) is 42.9 Å². The summed E-state index contributed by atoms with van der Waals surface area (Å²) in [5.41, 5.74) is 0. The highest BCUT2D eigenvalue weighted by atomic mass is 19.1. The first-order chi connectivity index (χ1) is 10.2. The normalized spacial score (nSPS) is 23.0. The second-order valence-corrected chi connectivity index (χ2v) is 5.79. The van der Waals surface area contributed by atoms with Crippen LogP contribution < -0.4 is 10.2 Å². The van der Waals surface area contributed by atoms with Gasteiger partial charge in [-0.15, -0.1) is 0 Å². The number of hydrogen-bond donors (Lipinski definition) is 1. The van der Waals surface area contributed by atoms with E-state index < -0.39 is 11.6 Å². The standard InChI is InChI=1S/C15H22F2N4/c1-2-18-14-12(16)9-13(17)15(19-14)21-8-5-11(10-21)20-6-3-4-7-20/h9,11H,2-8,10H2,1H3,(H,18,19). The van der Waals surface area contributed by atoms with Gasteiger partial charge in [0.15, 0.2) is 23.3 Å². The third-order valence-electron chi connectivity index (χ3n) is 4.38. The lowest BCUT2D eigenvalue weighted by molar-refractivity contribution is 0.260. The predicted molar refractivity (Wildman–Crippen MR) is 79.7 cm³/mol. The Bertz CT molecular complexity index is 503. The summed E-state index contributed by atoms with van der Waals surface area (Å²) < 4.78 is 27.7. The molecule has 21 heavy (non-hydrogen) atoms. The Balaban J connectivity index is 1.76. The van der Waals surface area contributed by atoms with E-state index in [2.05, 4.69) is 15.2 Å². The molecule has 0 saturated carbocycles. The van der Waals surface area contributed by atoms with E-state index in [0.717, 1.165) is 38.7 Å². The fourth-order valence-electron chi connectivity index (χ4n) is 3.31. The number of anilines is 2. The van der Waals surface area contributed by atoms with Crippen LogP contribution in [0.15, 0.2) is 6.07 Å². The second kappa shape index (κ2) is 6.13. The van der Waals surface area contributed by atoms with Gasteiger partial charge in [-0.1, -0.05) is 0 Å². The van der Waals surface area contributed by atoms with Gasteiger partial charge in [0.25, 0.3) is 0 Å². The van der Waals surface area contributed by atoms with Crippen LogP contribution in [0.2, 0.25) is 0 Å². The molecule has 1 aromatic heterocycles. The molecule has 2 aliphatic heterocycles. The van der Waals surface area contributed by atoms with Crippen molar-refractivity contribution in [3.05, 3.63) is 17.7 Å². The topological polar surface area (TPSA) is 31.4 Å². The maximum absolute atomic E-state index is 14.0. The average molecular weight is 296 g/mol. The molecular formula is C15H22F2N4. The number of halogens is 2. The SMILES string of the molecule is CCNc1nc(N2CCC(N3CCCC3)C2)c(F)cc1F. The Morgan fingerprint density at radius 3 is 2.71 bits per heavy atom. The molecule has 1 unspecified atom stereocenters. The molecule has 2 fully saturated rings. The summed E-state index contributed by atoms with van der Waals surface area (Å²) in [4.78, 5) is 8.57. The lowest BCUT2D eigenvalue weighted by atomic mass is 10.2. The van der Waals surface area contributed by atoms with E-state index in [4.69, 9.17) is 0 Å². The van der Waals surface area contributed by atoms with E-state index in [0.29, 0.717) is 12.6 Å².